The van der Waals surface area contributed by atoms with E-state index in [1.165, 1.54) is 11.3 Å². The van der Waals surface area contributed by atoms with Gasteiger partial charge in [0.15, 0.2) is 0 Å². The molecule has 0 fully saturated rings. The topological polar surface area (TPSA) is 42.0 Å². The molecule has 3 nitrogen and oxygen atoms in total. The van der Waals surface area contributed by atoms with Crippen molar-refractivity contribution < 1.29 is 4.79 Å². The van der Waals surface area contributed by atoms with Crippen LogP contribution in [0.2, 0.25) is 0 Å². The van der Waals surface area contributed by atoms with Crippen LogP contribution in [0.5, 0.6) is 0 Å². The van der Waals surface area contributed by atoms with Crippen molar-refractivity contribution in [3.63, 3.8) is 0 Å². The number of anilines is 1. The van der Waals surface area contributed by atoms with E-state index in [-0.39, 0.29) is 5.91 Å². The Hall–Kier alpha value is -1.50. The van der Waals surface area contributed by atoms with Gasteiger partial charge in [-0.1, -0.05) is 12.1 Å². The highest BCUT2D eigenvalue weighted by molar-refractivity contribution is 9.11. The minimum atomic E-state index is -0.0997. The van der Waals surface area contributed by atoms with E-state index in [1.807, 2.05) is 42.6 Å². The summed E-state index contributed by atoms with van der Waals surface area (Å²) in [4.78, 5) is 17.3. The highest BCUT2D eigenvalue weighted by Crippen LogP contribution is 2.26. The molecule has 2 aromatic heterocycles. The number of amides is 1. The van der Waals surface area contributed by atoms with Crippen LogP contribution in [0.3, 0.4) is 0 Å². The standard InChI is InChI=1S/C15H11BrN2OS2/c1-9-17-12(8-20-9)10-3-2-4-11(7-10)18-15(19)13-5-6-14(16)21-13/h2-8H,1H3,(H,18,19). The molecule has 0 atom stereocenters. The Morgan fingerprint density at radius 1 is 1.29 bits per heavy atom. The molecule has 0 aliphatic carbocycles. The lowest BCUT2D eigenvalue weighted by Gasteiger charge is -2.05. The summed E-state index contributed by atoms with van der Waals surface area (Å²) in [7, 11) is 0. The lowest BCUT2D eigenvalue weighted by molar-refractivity contribution is 0.103. The summed E-state index contributed by atoms with van der Waals surface area (Å²) in [5.74, 6) is -0.0997. The number of rotatable bonds is 3. The normalized spacial score (nSPS) is 10.6. The average molecular weight is 379 g/mol. The van der Waals surface area contributed by atoms with Crippen LogP contribution in [0.4, 0.5) is 5.69 Å². The van der Waals surface area contributed by atoms with Gasteiger partial charge in [-0.2, -0.15) is 0 Å². The van der Waals surface area contributed by atoms with Gasteiger partial charge < -0.3 is 5.32 Å². The zero-order chi connectivity index (χ0) is 14.8. The van der Waals surface area contributed by atoms with Crippen LogP contribution in [0.15, 0.2) is 45.6 Å². The second-order valence-electron chi connectivity index (χ2n) is 4.39. The number of thiazole rings is 1. The molecule has 0 radical (unpaired) electrons. The first-order valence-corrected chi connectivity index (χ1v) is 8.70. The van der Waals surface area contributed by atoms with Crippen molar-refractivity contribution in [2.24, 2.45) is 0 Å². The maximum atomic E-state index is 12.1. The maximum Gasteiger partial charge on any atom is 0.265 e. The Balaban J connectivity index is 1.82. The predicted octanol–water partition coefficient (Wildman–Crippen LogP) is 5.19. The van der Waals surface area contributed by atoms with Crippen LogP contribution in [-0.4, -0.2) is 10.9 Å². The molecule has 0 unspecified atom stereocenters. The largest absolute Gasteiger partial charge is 0.321 e. The summed E-state index contributed by atoms with van der Waals surface area (Å²) in [5, 5.41) is 5.97. The fourth-order valence-electron chi connectivity index (χ4n) is 1.88. The van der Waals surface area contributed by atoms with Crippen molar-refractivity contribution in [2.75, 3.05) is 5.32 Å². The third kappa shape index (κ3) is 3.40. The van der Waals surface area contributed by atoms with Crippen molar-refractivity contribution >= 4 is 50.2 Å². The molecule has 0 aliphatic rings. The van der Waals surface area contributed by atoms with Crippen molar-refractivity contribution in [2.45, 2.75) is 6.92 Å². The SMILES string of the molecule is Cc1nc(-c2cccc(NC(=O)c3ccc(Br)s3)c2)cs1. The number of hydrogen-bond donors (Lipinski definition) is 1. The molecule has 0 saturated heterocycles. The van der Waals surface area contributed by atoms with Crippen LogP contribution in [0.1, 0.15) is 14.7 Å². The number of hydrogen-bond acceptors (Lipinski definition) is 4. The van der Waals surface area contributed by atoms with E-state index in [1.54, 1.807) is 17.4 Å². The van der Waals surface area contributed by atoms with Crippen molar-refractivity contribution in [3.8, 4) is 11.3 Å². The number of aryl methyl sites for hydroxylation is 1. The Morgan fingerprint density at radius 2 is 2.14 bits per heavy atom. The van der Waals surface area contributed by atoms with Crippen LogP contribution < -0.4 is 5.32 Å². The number of aromatic nitrogens is 1. The number of thiophene rings is 1. The summed E-state index contributed by atoms with van der Waals surface area (Å²) < 4.78 is 0.944. The number of benzene rings is 1. The molecule has 3 rings (SSSR count). The van der Waals surface area contributed by atoms with Gasteiger partial charge >= 0.3 is 0 Å². The van der Waals surface area contributed by atoms with E-state index in [0.29, 0.717) is 4.88 Å². The predicted molar refractivity (Wildman–Crippen MR) is 92.3 cm³/mol. The molecule has 1 amide bonds. The maximum absolute atomic E-state index is 12.1. The molecule has 0 spiro atoms. The molecule has 0 saturated carbocycles. The van der Waals surface area contributed by atoms with Gasteiger partial charge in [-0.05, 0) is 47.1 Å². The first-order chi connectivity index (χ1) is 10.1. The molecule has 106 valence electrons. The summed E-state index contributed by atoms with van der Waals surface area (Å²) in [6.45, 7) is 1.98. The average Bonchev–Trinajstić information content (AvgIpc) is 3.08. The molecular weight excluding hydrogens is 368 g/mol. The van der Waals surface area contributed by atoms with E-state index >= 15 is 0 Å². The van der Waals surface area contributed by atoms with Gasteiger partial charge in [-0.3, -0.25) is 4.79 Å². The van der Waals surface area contributed by atoms with Crippen molar-refractivity contribution in [1.29, 1.82) is 0 Å². The number of halogens is 1. The van der Waals surface area contributed by atoms with Crippen LogP contribution in [-0.2, 0) is 0 Å². The van der Waals surface area contributed by atoms with Gasteiger partial charge in [0.05, 0.1) is 19.4 Å². The minimum absolute atomic E-state index is 0.0997. The summed E-state index contributed by atoms with van der Waals surface area (Å²) in [5.41, 5.74) is 2.71. The van der Waals surface area contributed by atoms with Crippen LogP contribution in [0.25, 0.3) is 11.3 Å². The Labute approximate surface area is 138 Å². The van der Waals surface area contributed by atoms with Gasteiger partial charge in [0.25, 0.3) is 5.91 Å². The zero-order valence-corrected chi connectivity index (χ0v) is 14.3. The molecule has 1 N–H and O–H groups in total. The summed E-state index contributed by atoms with van der Waals surface area (Å²) in [6, 6.07) is 11.4. The first kappa shape index (κ1) is 14.4. The number of nitrogens with zero attached hydrogens (tertiary/aromatic N) is 1. The molecule has 2 heterocycles. The van der Waals surface area contributed by atoms with E-state index in [2.05, 4.69) is 26.2 Å². The lowest BCUT2D eigenvalue weighted by atomic mass is 10.1. The second kappa shape index (κ2) is 6.09. The van der Waals surface area contributed by atoms with Gasteiger partial charge in [-0.15, -0.1) is 22.7 Å². The van der Waals surface area contributed by atoms with E-state index in [0.717, 1.165) is 25.7 Å². The molecule has 1 aromatic carbocycles. The van der Waals surface area contributed by atoms with Crippen molar-refractivity contribution in [3.05, 3.63) is 55.4 Å². The smallest absolute Gasteiger partial charge is 0.265 e. The molecule has 3 aromatic rings. The third-order valence-electron chi connectivity index (χ3n) is 2.83. The number of carbonyl (C=O) groups is 1. The van der Waals surface area contributed by atoms with Gasteiger partial charge in [-0.25, -0.2) is 4.98 Å². The molecular formula is C15H11BrN2OS2. The second-order valence-corrected chi connectivity index (χ2v) is 7.92. The van der Waals surface area contributed by atoms with Gasteiger partial charge in [0, 0.05) is 16.6 Å². The monoisotopic (exact) mass is 378 g/mol. The van der Waals surface area contributed by atoms with E-state index < -0.39 is 0 Å². The zero-order valence-electron chi connectivity index (χ0n) is 11.1. The van der Waals surface area contributed by atoms with Crippen molar-refractivity contribution in [1.82, 2.24) is 4.98 Å². The van der Waals surface area contributed by atoms with Crippen LogP contribution >= 0.6 is 38.6 Å². The fraction of sp³-hybridized carbons (Fsp3) is 0.0667. The lowest BCUT2D eigenvalue weighted by Crippen LogP contribution is -2.09. The van der Waals surface area contributed by atoms with E-state index in [4.69, 9.17) is 0 Å². The summed E-state index contributed by atoms with van der Waals surface area (Å²) in [6.07, 6.45) is 0. The highest BCUT2D eigenvalue weighted by atomic mass is 79.9. The number of carbonyl (C=O) groups excluding carboxylic acids is 1. The molecule has 0 aliphatic heterocycles. The Morgan fingerprint density at radius 3 is 2.81 bits per heavy atom. The molecule has 0 bridgehead atoms. The van der Waals surface area contributed by atoms with Crippen LogP contribution in [0, 0.1) is 6.92 Å². The summed E-state index contributed by atoms with van der Waals surface area (Å²) >= 11 is 6.39. The third-order valence-corrected chi connectivity index (χ3v) is 5.23. The highest BCUT2D eigenvalue weighted by Gasteiger charge is 2.10. The Kier molecular flexibility index (Phi) is 4.19. The van der Waals surface area contributed by atoms with E-state index in [9.17, 15) is 4.79 Å². The minimum Gasteiger partial charge on any atom is -0.321 e. The quantitative estimate of drug-likeness (QED) is 0.680. The first-order valence-electron chi connectivity index (χ1n) is 6.21. The molecule has 6 heteroatoms. The van der Waals surface area contributed by atoms with Gasteiger partial charge in [0.1, 0.15) is 0 Å². The number of nitrogens with one attached hydrogen (secondary N) is 1. The Bertz CT molecular complexity index is 794. The van der Waals surface area contributed by atoms with Gasteiger partial charge in [0.2, 0.25) is 0 Å². The fourth-order valence-corrected chi connectivity index (χ4v) is 3.78. The molecule has 21 heavy (non-hydrogen) atoms.